The number of carbonyl (C=O) groups excluding carboxylic acids is 1. The highest BCUT2D eigenvalue weighted by atomic mass is 32.1. The summed E-state index contributed by atoms with van der Waals surface area (Å²) in [6.07, 6.45) is 1.63. The number of aliphatic carboxylic acids is 1. The van der Waals surface area contributed by atoms with Crippen LogP contribution in [0.1, 0.15) is 18.5 Å². The molecule has 1 amide bonds. The Morgan fingerprint density at radius 3 is 3.24 bits per heavy atom. The van der Waals surface area contributed by atoms with Gasteiger partial charge in [-0.2, -0.15) is 0 Å². The number of thiazole rings is 1. The molecule has 17 heavy (non-hydrogen) atoms. The van der Waals surface area contributed by atoms with Gasteiger partial charge >= 0.3 is 5.97 Å². The predicted molar refractivity (Wildman–Crippen MR) is 63.1 cm³/mol. The summed E-state index contributed by atoms with van der Waals surface area (Å²) in [4.78, 5) is 26.1. The lowest BCUT2D eigenvalue weighted by molar-refractivity contribution is -0.136. The van der Waals surface area contributed by atoms with Crippen LogP contribution in [-0.4, -0.2) is 34.6 Å². The highest BCUT2D eigenvalue weighted by Crippen LogP contribution is 2.18. The minimum absolute atomic E-state index is 0.0220. The Balaban J connectivity index is 1.96. The first kappa shape index (κ1) is 11.8. The third-order valence-corrected chi connectivity index (χ3v) is 3.29. The van der Waals surface area contributed by atoms with Gasteiger partial charge in [-0.3, -0.25) is 9.59 Å². The Morgan fingerprint density at radius 2 is 2.53 bits per heavy atom. The molecule has 0 aromatic carbocycles. The molecule has 0 saturated carbocycles. The minimum atomic E-state index is -0.905. The highest BCUT2D eigenvalue weighted by Gasteiger charge is 2.22. The maximum absolute atomic E-state index is 11.5. The van der Waals surface area contributed by atoms with Crippen LogP contribution >= 0.6 is 11.3 Å². The van der Waals surface area contributed by atoms with Gasteiger partial charge in [0.25, 0.3) is 0 Å². The quantitative estimate of drug-likeness (QED) is 0.727. The molecule has 2 rings (SSSR count). The molecule has 1 aliphatic rings. The topological polar surface area (TPSA) is 91.3 Å². The van der Waals surface area contributed by atoms with Crippen LogP contribution in [0, 0.1) is 0 Å². The number of carboxylic acids is 1. The third kappa shape index (κ3) is 3.16. The van der Waals surface area contributed by atoms with E-state index in [1.54, 1.807) is 5.38 Å². The van der Waals surface area contributed by atoms with E-state index in [0.717, 1.165) is 19.4 Å². The Kier molecular flexibility index (Phi) is 3.58. The number of anilines is 1. The molecule has 1 atom stereocenters. The van der Waals surface area contributed by atoms with Crippen LogP contribution in [0.3, 0.4) is 0 Å². The molecular weight excluding hydrogens is 242 g/mol. The molecule has 0 bridgehead atoms. The number of nitrogens with zero attached hydrogens (tertiary/aromatic N) is 1. The number of carboxylic acid groups (broad SMARTS) is 1. The van der Waals surface area contributed by atoms with Gasteiger partial charge in [-0.1, -0.05) is 0 Å². The lowest BCUT2D eigenvalue weighted by Crippen LogP contribution is -2.44. The smallest absolute Gasteiger partial charge is 0.309 e. The second-order valence-electron chi connectivity index (χ2n) is 3.84. The van der Waals surface area contributed by atoms with Crippen LogP contribution in [0.5, 0.6) is 0 Å². The van der Waals surface area contributed by atoms with Crippen molar-refractivity contribution in [2.24, 2.45) is 0 Å². The number of hydrogen-bond acceptors (Lipinski definition) is 5. The van der Waals surface area contributed by atoms with E-state index in [2.05, 4.69) is 15.6 Å². The monoisotopic (exact) mass is 255 g/mol. The van der Waals surface area contributed by atoms with Crippen molar-refractivity contribution in [1.82, 2.24) is 10.3 Å². The summed E-state index contributed by atoms with van der Waals surface area (Å²) in [5.41, 5.74) is 0.515. The van der Waals surface area contributed by atoms with Crippen molar-refractivity contribution >= 4 is 28.3 Å². The van der Waals surface area contributed by atoms with Gasteiger partial charge in [-0.05, 0) is 12.8 Å². The lowest BCUT2D eigenvalue weighted by atomic mass is 10.1. The molecule has 7 heteroatoms. The van der Waals surface area contributed by atoms with Crippen molar-refractivity contribution < 1.29 is 14.7 Å². The number of piperidine rings is 1. The number of nitrogens with one attached hydrogen (secondary N) is 2. The molecule has 92 valence electrons. The Bertz CT molecular complexity index is 432. The van der Waals surface area contributed by atoms with Crippen LogP contribution in [0.4, 0.5) is 5.13 Å². The summed E-state index contributed by atoms with van der Waals surface area (Å²) in [5.74, 6) is -0.927. The van der Waals surface area contributed by atoms with Crippen LogP contribution < -0.4 is 10.6 Å². The van der Waals surface area contributed by atoms with E-state index in [4.69, 9.17) is 5.11 Å². The van der Waals surface area contributed by atoms with Crippen molar-refractivity contribution in [2.75, 3.05) is 11.9 Å². The maximum atomic E-state index is 11.5. The summed E-state index contributed by atoms with van der Waals surface area (Å²) in [5, 5.41) is 16.7. The summed E-state index contributed by atoms with van der Waals surface area (Å²) in [7, 11) is 0. The average molecular weight is 255 g/mol. The maximum Gasteiger partial charge on any atom is 0.309 e. The van der Waals surface area contributed by atoms with Crippen LogP contribution in [0.2, 0.25) is 0 Å². The highest BCUT2D eigenvalue weighted by molar-refractivity contribution is 7.13. The zero-order valence-corrected chi connectivity index (χ0v) is 9.92. The van der Waals surface area contributed by atoms with Crippen molar-refractivity contribution in [1.29, 1.82) is 0 Å². The van der Waals surface area contributed by atoms with Crippen molar-refractivity contribution in [3.8, 4) is 0 Å². The Labute approximate surface area is 102 Å². The molecule has 1 unspecified atom stereocenters. The first-order valence-electron chi connectivity index (χ1n) is 5.35. The molecule has 2 heterocycles. The molecular formula is C10H13N3O3S. The zero-order chi connectivity index (χ0) is 12.3. The number of aromatic nitrogens is 1. The molecule has 1 aromatic rings. The molecule has 1 fully saturated rings. The van der Waals surface area contributed by atoms with E-state index in [1.165, 1.54) is 11.3 Å². The Morgan fingerprint density at radius 1 is 1.71 bits per heavy atom. The number of amides is 1. The van der Waals surface area contributed by atoms with Crippen LogP contribution in [-0.2, 0) is 16.0 Å². The number of rotatable bonds is 4. The zero-order valence-electron chi connectivity index (χ0n) is 9.10. The molecule has 0 spiro atoms. The second kappa shape index (κ2) is 5.13. The molecule has 1 saturated heterocycles. The van der Waals surface area contributed by atoms with Gasteiger partial charge in [-0.15, -0.1) is 11.3 Å². The van der Waals surface area contributed by atoms with Gasteiger partial charge in [0.15, 0.2) is 5.13 Å². The first-order chi connectivity index (χ1) is 8.15. The minimum Gasteiger partial charge on any atom is -0.481 e. The van der Waals surface area contributed by atoms with E-state index in [1.807, 2.05) is 0 Å². The summed E-state index contributed by atoms with van der Waals surface area (Å²) < 4.78 is 0. The summed E-state index contributed by atoms with van der Waals surface area (Å²) in [6.45, 7) is 0.721. The lowest BCUT2D eigenvalue weighted by Gasteiger charge is -2.22. The Hall–Kier alpha value is -1.63. The van der Waals surface area contributed by atoms with E-state index in [9.17, 15) is 9.59 Å². The van der Waals surface area contributed by atoms with E-state index in [-0.39, 0.29) is 18.4 Å². The molecule has 1 aromatic heterocycles. The van der Waals surface area contributed by atoms with Gasteiger partial charge in [0.2, 0.25) is 5.91 Å². The largest absolute Gasteiger partial charge is 0.481 e. The summed E-state index contributed by atoms with van der Waals surface area (Å²) >= 11 is 1.32. The van der Waals surface area contributed by atoms with E-state index >= 15 is 0 Å². The fourth-order valence-corrected chi connectivity index (χ4v) is 2.43. The van der Waals surface area contributed by atoms with Gasteiger partial charge in [0, 0.05) is 11.9 Å². The molecule has 0 radical (unpaired) electrons. The number of hydrogen-bond donors (Lipinski definition) is 3. The van der Waals surface area contributed by atoms with Gasteiger partial charge in [0.05, 0.1) is 12.1 Å². The fraction of sp³-hybridized carbons (Fsp3) is 0.500. The normalized spacial score (nSPS) is 19.8. The van der Waals surface area contributed by atoms with E-state index in [0.29, 0.717) is 10.8 Å². The van der Waals surface area contributed by atoms with Crippen molar-refractivity contribution in [3.63, 3.8) is 0 Å². The van der Waals surface area contributed by atoms with Gasteiger partial charge in [0.1, 0.15) is 6.04 Å². The molecule has 6 nitrogen and oxygen atoms in total. The van der Waals surface area contributed by atoms with Crippen molar-refractivity contribution in [3.05, 3.63) is 11.1 Å². The van der Waals surface area contributed by atoms with Crippen LogP contribution in [0.15, 0.2) is 5.38 Å². The third-order valence-electron chi connectivity index (χ3n) is 2.47. The second-order valence-corrected chi connectivity index (χ2v) is 4.70. The molecule has 1 aliphatic heterocycles. The van der Waals surface area contributed by atoms with Gasteiger partial charge in [-0.25, -0.2) is 4.98 Å². The first-order valence-corrected chi connectivity index (χ1v) is 6.23. The number of carbonyl (C=O) groups is 2. The predicted octanol–water partition coefficient (Wildman–Crippen LogP) is 0.461. The van der Waals surface area contributed by atoms with Crippen LogP contribution in [0.25, 0.3) is 0 Å². The SMILES string of the molecule is O=C(O)Cc1csc(NC2CCCNC2=O)n1. The average Bonchev–Trinajstić information content (AvgIpc) is 2.68. The van der Waals surface area contributed by atoms with Crippen molar-refractivity contribution in [2.45, 2.75) is 25.3 Å². The fourth-order valence-electron chi connectivity index (χ4n) is 1.67. The molecule has 0 aliphatic carbocycles. The molecule has 3 N–H and O–H groups in total. The summed E-state index contributed by atoms with van der Waals surface area (Å²) in [6, 6.07) is -0.257. The van der Waals surface area contributed by atoms with E-state index < -0.39 is 5.97 Å². The standard InChI is InChI=1S/C10H13N3O3S/c14-8(15)4-6-5-17-10(12-6)13-7-2-1-3-11-9(7)16/h5,7H,1-4H2,(H,11,16)(H,12,13)(H,14,15). The van der Waals surface area contributed by atoms with Gasteiger partial charge < -0.3 is 15.7 Å².